The Bertz CT molecular complexity index is 540. The average molecular weight is 200 g/mol. The van der Waals surface area contributed by atoms with E-state index >= 15 is 0 Å². The van der Waals surface area contributed by atoms with Crippen LogP contribution in [0.25, 0.3) is 11.4 Å². The van der Waals surface area contributed by atoms with Gasteiger partial charge in [0.1, 0.15) is 6.04 Å². The van der Waals surface area contributed by atoms with Gasteiger partial charge in [0, 0.05) is 17.6 Å². The van der Waals surface area contributed by atoms with Crippen LogP contribution in [0.15, 0.2) is 24.3 Å². The number of hydrogen-bond donors (Lipinski definition) is 0. The molecule has 0 bridgehead atoms. The molecule has 3 rings (SSSR count). The van der Waals surface area contributed by atoms with Crippen molar-refractivity contribution in [2.24, 2.45) is 7.05 Å². The van der Waals surface area contributed by atoms with Gasteiger partial charge in [0.15, 0.2) is 0 Å². The van der Waals surface area contributed by atoms with Gasteiger partial charge >= 0.3 is 0 Å². The summed E-state index contributed by atoms with van der Waals surface area (Å²) in [6.45, 7) is 4.24. The first-order chi connectivity index (χ1) is 7.20. The highest BCUT2D eigenvalue weighted by Crippen LogP contribution is 2.36. The summed E-state index contributed by atoms with van der Waals surface area (Å²) >= 11 is 0. The van der Waals surface area contributed by atoms with E-state index in [4.69, 9.17) is 0 Å². The van der Waals surface area contributed by atoms with Crippen LogP contribution in [0.3, 0.4) is 0 Å². The predicted molar refractivity (Wildman–Crippen MR) is 57.4 cm³/mol. The first-order valence-electron chi connectivity index (χ1n) is 5.24. The summed E-state index contributed by atoms with van der Waals surface area (Å²) in [5.41, 5.74) is 2.68. The van der Waals surface area contributed by atoms with Gasteiger partial charge in [-0.2, -0.15) is 0 Å². The van der Waals surface area contributed by atoms with Gasteiger partial charge in [-0.05, 0) is 13.0 Å². The Balaban J connectivity index is 2.38. The molecular formula is C12H14N3+. The molecule has 3 nitrogen and oxygen atoms in total. The number of hydrogen-bond acceptors (Lipinski definition) is 1. The zero-order valence-corrected chi connectivity index (χ0v) is 9.23. The Morgan fingerprint density at radius 2 is 2.07 bits per heavy atom. The standard InChI is InChI=1S/C12H14N3/c1-8-10-6-4-5-7-11(10)12-14(3)9(2)13-15(8)12/h4-8H,1-3H3/q+1. The molecule has 0 fully saturated rings. The van der Waals surface area contributed by atoms with Crippen LogP contribution in [0, 0.1) is 6.92 Å². The fourth-order valence-electron chi connectivity index (χ4n) is 2.35. The zero-order valence-electron chi connectivity index (χ0n) is 9.23. The topological polar surface area (TPSA) is 21.7 Å². The van der Waals surface area contributed by atoms with E-state index in [-0.39, 0.29) is 0 Å². The molecular weight excluding hydrogens is 186 g/mol. The molecule has 2 heterocycles. The summed E-state index contributed by atoms with van der Waals surface area (Å²) in [5.74, 6) is 2.28. The minimum Gasteiger partial charge on any atom is -0.231 e. The summed E-state index contributed by atoms with van der Waals surface area (Å²) in [7, 11) is 2.07. The van der Waals surface area contributed by atoms with Crippen molar-refractivity contribution in [3.05, 3.63) is 35.7 Å². The molecule has 0 N–H and O–H groups in total. The largest absolute Gasteiger partial charge is 0.274 e. The van der Waals surface area contributed by atoms with Crippen molar-refractivity contribution >= 4 is 0 Å². The summed E-state index contributed by atoms with van der Waals surface area (Å²) in [5, 5.41) is 4.57. The second-order valence-electron chi connectivity index (χ2n) is 4.14. The number of aromatic nitrogens is 3. The molecule has 1 atom stereocenters. The van der Waals surface area contributed by atoms with E-state index in [2.05, 4.69) is 52.6 Å². The van der Waals surface area contributed by atoms with Crippen LogP contribution in [0.1, 0.15) is 24.4 Å². The van der Waals surface area contributed by atoms with Gasteiger partial charge in [-0.3, -0.25) is 0 Å². The highest BCUT2D eigenvalue weighted by molar-refractivity contribution is 5.63. The second-order valence-corrected chi connectivity index (χ2v) is 4.14. The Morgan fingerprint density at radius 3 is 2.87 bits per heavy atom. The van der Waals surface area contributed by atoms with Crippen molar-refractivity contribution in [3.63, 3.8) is 0 Å². The molecule has 76 valence electrons. The van der Waals surface area contributed by atoms with Gasteiger partial charge in [0.2, 0.25) is 0 Å². The van der Waals surface area contributed by atoms with E-state index in [0.29, 0.717) is 6.04 Å². The van der Waals surface area contributed by atoms with E-state index in [9.17, 15) is 0 Å². The van der Waals surface area contributed by atoms with E-state index in [1.54, 1.807) is 0 Å². The monoisotopic (exact) mass is 200 g/mol. The lowest BCUT2D eigenvalue weighted by atomic mass is 10.1. The summed E-state index contributed by atoms with van der Waals surface area (Å²) in [6, 6.07) is 8.89. The number of benzene rings is 1. The average Bonchev–Trinajstić information content (AvgIpc) is 2.68. The van der Waals surface area contributed by atoms with Gasteiger partial charge in [0.05, 0.1) is 12.6 Å². The lowest BCUT2D eigenvalue weighted by Crippen LogP contribution is -2.31. The van der Waals surface area contributed by atoms with Crippen LogP contribution < -0.4 is 4.57 Å². The van der Waals surface area contributed by atoms with Crippen molar-refractivity contribution in [2.75, 3.05) is 0 Å². The zero-order chi connectivity index (χ0) is 10.6. The van der Waals surface area contributed by atoms with E-state index in [0.717, 1.165) is 5.82 Å². The number of aryl methyl sites for hydroxylation is 1. The highest BCUT2D eigenvalue weighted by Gasteiger charge is 2.36. The lowest BCUT2D eigenvalue weighted by molar-refractivity contribution is -0.667. The van der Waals surface area contributed by atoms with E-state index in [1.165, 1.54) is 17.0 Å². The summed E-state index contributed by atoms with van der Waals surface area (Å²) < 4.78 is 4.27. The highest BCUT2D eigenvalue weighted by atomic mass is 15.4. The predicted octanol–water partition coefficient (Wildman–Crippen LogP) is 1.61. The van der Waals surface area contributed by atoms with E-state index in [1.807, 2.05) is 6.92 Å². The molecule has 1 unspecified atom stereocenters. The van der Waals surface area contributed by atoms with Crippen molar-refractivity contribution in [1.82, 2.24) is 9.78 Å². The third-order valence-corrected chi connectivity index (χ3v) is 3.29. The smallest absolute Gasteiger partial charge is 0.231 e. The normalized spacial score (nSPS) is 17.7. The lowest BCUT2D eigenvalue weighted by Gasteiger charge is -1.99. The van der Waals surface area contributed by atoms with Crippen LogP contribution in [-0.2, 0) is 7.05 Å². The van der Waals surface area contributed by atoms with Crippen LogP contribution in [-0.4, -0.2) is 9.78 Å². The first kappa shape index (κ1) is 8.65. The molecule has 1 aliphatic rings. The Kier molecular flexibility index (Phi) is 1.55. The fraction of sp³-hybridized carbons (Fsp3) is 0.333. The molecule has 2 aromatic rings. The molecule has 0 saturated carbocycles. The van der Waals surface area contributed by atoms with Crippen LogP contribution in [0.4, 0.5) is 0 Å². The van der Waals surface area contributed by atoms with Gasteiger partial charge in [-0.15, -0.1) is 4.68 Å². The Hall–Kier alpha value is -1.64. The minimum atomic E-state index is 0.357. The van der Waals surface area contributed by atoms with Gasteiger partial charge < -0.3 is 0 Å². The number of rotatable bonds is 0. The molecule has 0 saturated heterocycles. The molecule has 0 spiro atoms. The molecule has 0 amide bonds. The fourth-order valence-corrected chi connectivity index (χ4v) is 2.35. The Morgan fingerprint density at radius 1 is 1.33 bits per heavy atom. The SMILES string of the molecule is Cc1nn2c([n+]1C)-c1ccccc1C2C. The van der Waals surface area contributed by atoms with E-state index < -0.39 is 0 Å². The van der Waals surface area contributed by atoms with Gasteiger partial charge in [-0.25, -0.2) is 4.57 Å². The van der Waals surface area contributed by atoms with Crippen molar-refractivity contribution in [2.45, 2.75) is 19.9 Å². The Labute approximate surface area is 89.0 Å². The third-order valence-electron chi connectivity index (χ3n) is 3.29. The van der Waals surface area contributed by atoms with Gasteiger partial charge in [0.25, 0.3) is 11.6 Å². The maximum Gasteiger partial charge on any atom is 0.274 e. The molecule has 3 heteroatoms. The summed E-state index contributed by atoms with van der Waals surface area (Å²) in [4.78, 5) is 0. The molecule has 1 aromatic heterocycles. The molecule has 0 aliphatic carbocycles. The van der Waals surface area contributed by atoms with Gasteiger partial charge in [-0.1, -0.05) is 18.2 Å². The molecule has 0 radical (unpaired) electrons. The second kappa shape index (κ2) is 2.69. The minimum absolute atomic E-state index is 0.357. The maximum atomic E-state index is 4.57. The summed E-state index contributed by atoms with van der Waals surface area (Å²) in [6.07, 6.45) is 0. The third kappa shape index (κ3) is 0.950. The first-order valence-corrected chi connectivity index (χ1v) is 5.24. The van der Waals surface area contributed by atoms with Crippen LogP contribution in [0.2, 0.25) is 0 Å². The van der Waals surface area contributed by atoms with Crippen LogP contribution in [0.5, 0.6) is 0 Å². The van der Waals surface area contributed by atoms with Crippen molar-refractivity contribution in [3.8, 4) is 11.4 Å². The molecule has 15 heavy (non-hydrogen) atoms. The number of nitrogens with zero attached hydrogens (tertiary/aromatic N) is 3. The maximum absolute atomic E-state index is 4.57. The number of fused-ring (bicyclic) bond motifs is 3. The van der Waals surface area contributed by atoms with Crippen LogP contribution >= 0.6 is 0 Å². The molecule has 1 aromatic carbocycles. The van der Waals surface area contributed by atoms with Crippen molar-refractivity contribution in [1.29, 1.82) is 0 Å². The van der Waals surface area contributed by atoms with Crippen molar-refractivity contribution < 1.29 is 4.57 Å². The molecule has 1 aliphatic heterocycles. The quantitative estimate of drug-likeness (QED) is 0.592.